The predicted octanol–water partition coefficient (Wildman–Crippen LogP) is 0.535. The van der Waals surface area contributed by atoms with Crippen LogP contribution in [0.5, 0.6) is 0 Å². The maximum atomic E-state index is 10.2. The highest BCUT2D eigenvalue weighted by Gasteiger charge is 2.18. The minimum Gasteiger partial charge on any atom is -0.404 e. The van der Waals surface area contributed by atoms with Gasteiger partial charge in [0.15, 0.2) is 0 Å². The molecule has 0 radical (unpaired) electrons. The summed E-state index contributed by atoms with van der Waals surface area (Å²) in [5, 5.41) is 10.2. The van der Waals surface area contributed by atoms with Crippen LogP contribution in [0.3, 0.4) is 0 Å². The van der Waals surface area contributed by atoms with Gasteiger partial charge in [0.05, 0.1) is 12.1 Å². The quantitative estimate of drug-likeness (QED) is 0.527. The number of nitrogens with zero attached hydrogens (tertiary/aromatic N) is 1. The Kier molecular flexibility index (Phi) is 2.64. The van der Waals surface area contributed by atoms with E-state index in [0.29, 0.717) is 5.76 Å². The van der Waals surface area contributed by atoms with Crippen molar-refractivity contribution in [3.05, 3.63) is 28.0 Å². The highest BCUT2D eigenvalue weighted by atomic mass is 16.6. The number of nitrogens with two attached hydrogens (primary N) is 2. The van der Waals surface area contributed by atoms with E-state index in [1.165, 1.54) is 12.1 Å². The fraction of sp³-hybridized carbons (Fsp3) is 0.429. The minimum absolute atomic E-state index is 0.300. The fourth-order valence-electron chi connectivity index (χ4n) is 0.879. The number of rotatable bonds is 3. The SMILES string of the molecule is C[C@H](N)[C@@H](N)c1ccc([N+](=O)[O-])o1. The summed E-state index contributed by atoms with van der Waals surface area (Å²) in [6, 6.07) is 1.92. The van der Waals surface area contributed by atoms with E-state index in [1.54, 1.807) is 6.92 Å². The van der Waals surface area contributed by atoms with Gasteiger partial charge in [0.25, 0.3) is 0 Å². The Balaban J connectivity index is 2.85. The Hall–Kier alpha value is -1.40. The zero-order valence-corrected chi connectivity index (χ0v) is 7.14. The number of hydrogen-bond donors (Lipinski definition) is 2. The number of nitro groups is 1. The molecule has 0 aliphatic heterocycles. The molecule has 0 aliphatic carbocycles. The summed E-state index contributed by atoms with van der Waals surface area (Å²) in [5.74, 6) is 0.0211. The Morgan fingerprint density at radius 3 is 2.54 bits per heavy atom. The van der Waals surface area contributed by atoms with Gasteiger partial charge in [-0.25, -0.2) is 0 Å². The van der Waals surface area contributed by atoms with Crippen LogP contribution >= 0.6 is 0 Å². The van der Waals surface area contributed by atoms with Gasteiger partial charge in [0.1, 0.15) is 10.7 Å². The molecule has 1 heterocycles. The highest BCUT2D eigenvalue weighted by molar-refractivity contribution is 5.20. The van der Waals surface area contributed by atoms with Crippen molar-refractivity contribution in [2.45, 2.75) is 19.0 Å². The van der Waals surface area contributed by atoms with Crippen LogP contribution in [0, 0.1) is 10.1 Å². The van der Waals surface area contributed by atoms with Crippen molar-refractivity contribution in [1.29, 1.82) is 0 Å². The van der Waals surface area contributed by atoms with Gasteiger partial charge in [-0.05, 0) is 13.0 Å². The molecular formula is C7H11N3O3. The maximum absolute atomic E-state index is 10.2. The zero-order valence-electron chi connectivity index (χ0n) is 7.14. The van der Waals surface area contributed by atoms with Crippen LogP contribution in [-0.2, 0) is 0 Å². The van der Waals surface area contributed by atoms with Gasteiger partial charge in [-0.3, -0.25) is 10.1 Å². The number of hydrogen-bond acceptors (Lipinski definition) is 5. The third-order valence-corrected chi connectivity index (χ3v) is 1.69. The molecule has 13 heavy (non-hydrogen) atoms. The standard InChI is InChI=1S/C7H11N3O3/c1-4(8)7(9)5-2-3-6(13-5)10(11)12/h2-4,7H,8-9H2,1H3/t4-,7+/m0/s1. The molecule has 1 rings (SSSR count). The van der Waals surface area contributed by atoms with Gasteiger partial charge < -0.3 is 15.9 Å². The molecule has 0 unspecified atom stereocenters. The second-order valence-corrected chi connectivity index (χ2v) is 2.82. The molecule has 4 N–H and O–H groups in total. The molecule has 6 nitrogen and oxygen atoms in total. The summed E-state index contributed by atoms with van der Waals surface area (Å²) in [4.78, 5) is 9.63. The van der Waals surface area contributed by atoms with Crippen LogP contribution in [0.4, 0.5) is 5.88 Å². The summed E-state index contributed by atoms with van der Waals surface area (Å²) >= 11 is 0. The van der Waals surface area contributed by atoms with Crippen molar-refractivity contribution in [3.63, 3.8) is 0 Å². The van der Waals surface area contributed by atoms with E-state index in [1.807, 2.05) is 0 Å². The van der Waals surface area contributed by atoms with E-state index in [2.05, 4.69) is 0 Å². The van der Waals surface area contributed by atoms with Crippen LogP contribution in [0.15, 0.2) is 16.5 Å². The molecule has 0 fully saturated rings. The van der Waals surface area contributed by atoms with Gasteiger partial charge in [-0.2, -0.15) is 0 Å². The topological polar surface area (TPSA) is 108 Å². The molecule has 2 atom stereocenters. The minimum atomic E-state index is -0.614. The van der Waals surface area contributed by atoms with Gasteiger partial charge in [0.2, 0.25) is 0 Å². The van der Waals surface area contributed by atoms with Gasteiger partial charge >= 0.3 is 5.88 Å². The van der Waals surface area contributed by atoms with E-state index in [9.17, 15) is 10.1 Å². The van der Waals surface area contributed by atoms with Gasteiger partial charge in [-0.1, -0.05) is 0 Å². The van der Waals surface area contributed by atoms with E-state index < -0.39 is 11.0 Å². The van der Waals surface area contributed by atoms with Gasteiger partial charge in [-0.15, -0.1) is 0 Å². The molecule has 0 saturated heterocycles. The first-order valence-corrected chi connectivity index (χ1v) is 3.77. The third kappa shape index (κ3) is 2.04. The van der Waals surface area contributed by atoms with Crippen molar-refractivity contribution in [2.24, 2.45) is 11.5 Å². The summed E-state index contributed by atoms with van der Waals surface area (Å²) in [6.07, 6.45) is 0. The van der Waals surface area contributed by atoms with E-state index >= 15 is 0 Å². The Morgan fingerprint density at radius 1 is 1.54 bits per heavy atom. The van der Waals surface area contributed by atoms with E-state index in [0.717, 1.165) is 0 Å². The van der Waals surface area contributed by atoms with Crippen molar-refractivity contribution in [1.82, 2.24) is 0 Å². The largest absolute Gasteiger partial charge is 0.433 e. The van der Waals surface area contributed by atoms with Crippen molar-refractivity contribution in [3.8, 4) is 0 Å². The molecule has 0 saturated carbocycles. The first-order valence-electron chi connectivity index (χ1n) is 3.77. The summed E-state index contributed by atoms with van der Waals surface area (Å²) < 4.78 is 4.86. The van der Waals surface area contributed by atoms with Crippen LogP contribution in [-0.4, -0.2) is 11.0 Å². The molecule has 1 aromatic rings. The predicted molar refractivity (Wildman–Crippen MR) is 45.9 cm³/mol. The normalized spacial score (nSPS) is 15.3. The lowest BCUT2D eigenvalue weighted by Gasteiger charge is -2.11. The van der Waals surface area contributed by atoms with Gasteiger partial charge in [0, 0.05) is 6.04 Å². The lowest BCUT2D eigenvalue weighted by atomic mass is 10.1. The summed E-state index contributed by atoms with van der Waals surface area (Å²) in [5.41, 5.74) is 11.1. The highest BCUT2D eigenvalue weighted by Crippen LogP contribution is 2.21. The van der Waals surface area contributed by atoms with Crippen LogP contribution in [0.2, 0.25) is 0 Å². The monoisotopic (exact) mass is 185 g/mol. The molecular weight excluding hydrogens is 174 g/mol. The van der Waals surface area contributed by atoms with E-state index in [-0.39, 0.29) is 11.9 Å². The molecule has 1 aromatic heterocycles. The summed E-state index contributed by atoms with van der Waals surface area (Å²) in [6.45, 7) is 1.71. The second kappa shape index (κ2) is 3.55. The zero-order chi connectivity index (χ0) is 10.0. The van der Waals surface area contributed by atoms with Crippen LogP contribution < -0.4 is 11.5 Å². The lowest BCUT2D eigenvalue weighted by Crippen LogP contribution is -2.30. The van der Waals surface area contributed by atoms with Crippen molar-refractivity contribution in [2.75, 3.05) is 0 Å². The third-order valence-electron chi connectivity index (χ3n) is 1.69. The Labute approximate surface area is 74.7 Å². The average Bonchev–Trinajstić information content (AvgIpc) is 2.50. The average molecular weight is 185 g/mol. The number of furan rings is 1. The first-order chi connectivity index (χ1) is 6.02. The Bertz CT molecular complexity index is 308. The molecule has 0 aromatic carbocycles. The molecule has 0 bridgehead atoms. The van der Waals surface area contributed by atoms with E-state index in [4.69, 9.17) is 15.9 Å². The Morgan fingerprint density at radius 2 is 2.15 bits per heavy atom. The molecule has 6 heteroatoms. The second-order valence-electron chi connectivity index (χ2n) is 2.82. The first kappa shape index (κ1) is 9.69. The van der Waals surface area contributed by atoms with Crippen molar-refractivity contribution < 1.29 is 9.34 Å². The van der Waals surface area contributed by atoms with Crippen molar-refractivity contribution >= 4 is 5.88 Å². The smallest absolute Gasteiger partial charge is 0.404 e. The molecule has 0 spiro atoms. The van der Waals surface area contributed by atoms with Crippen LogP contribution in [0.25, 0.3) is 0 Å². The maximum Gasteiger partial charge on any atom is 0.433 e. The molecule has 0 aliphatic rings. The molecule has 0 amide bonds. The summed E-state index contributed by atoms with van der Waals surface area (Å²) in [7, 11) is 0. The lowest BCUT2D eigenvalue weighted by molar-refractivity contribution is -0.402. The fourth-order valence-corrected chi connectivity index (χ4v) is 0.879. The van der Waals surface area contributed by atoms with Crippen LogP contribution in [0.1, 0.15) is 18.7 Å². The molecule has 72 valence electrons.